The predicted octanol–water partition coefficient (Wildman–Crippen LogP) is 0.107. The van der Waals surface area contributed by atoms with Crippen molar-refractivity contribution in [3.63, 3.8) is 0 Å². The van der Waals surface area contributed by atoms with Crippen molar-refractivity contribution in [1.29, 1.82) is 0 Å². The molecule has 0 heterocycles. The van der Waals surface area contributed by atoms with E-state index in [-0.39, 0.29) is 56.8 Å². The topological polar surface area (TPSA) is 34.1 Å². The van der Waals surface area contributed by atoms with E-state index in [1.165, 1.54) is 0 Å². The zero-order valence-electron chi connectivity index (χ0n) is 11.9. The summed E-state index contributed by atoms with van der Waals surface area (Å²) >= 11 is 0. The average Bonchev–Trinajstić information content (AvgIpc) is 2.14. The number of rotatable bonds is 2. The number of hydrogen-bond donors (Lipinski definition) is 0. The van der Waals surface area contributed by atoms with Crippen molar-refractivity contribution < 1.29 is 59.8 Å². The first-order chi connectivity index (χ1) is 7.58. The number of hydrogen-bond acceptors (Lipinski definition) is 2. The van der Waals surface area contributed by atoms with E-state index in [9.17, 15) is 8.42 Å². The Kier molecular flexibility index (Phi) is 6.80. The van der Waals surface area contributed by atoms with Gasteiger partial charge in [-0.05, 0) is 29.5 Å². The zero-order valence-corrected chi connectivity index (χ0v) is 15.9. The molecule has 0 aliphatic heterocycles. The molecule has 0 unspecified atom stereocenters. The Balaban J connectivity index is 0.00000289. The van der Waals surface area contributed by atoms with Gasteiger partial charge in [0, 0.05) is 0 Å². The molecule has 0 aromatic heterocycles. The van der Waals surface area contributed by atoms with Gasteiger partial charge >= 0.3 is 51.4 Å². The van der Waals surface area contributed by atoms with Crippen molar-refractivity contribution in [2.75, 3.05) is 0 Å². The SMILES string of the molecule is [CH2-]C([CH2-])S(=O)(=O)c1cccc(C)c1C(C)(C)C.[K+]. The van der Waals surface area contributed by atoms with Crippen LogP contribution in [0.5, 0.6) is 0 Å². The average molecular weight is 291 g/mol. The van der Waals surface area contributed by atoms with Gasteiger partial charge < -0.3 is 13.8 Å². The van der Waals surface area contributed by atoms with Gasteiger partial charge in [-0.15, -0.1) is 0 Å². The molecule has 0 radical (unpaired) electrons. The van der Waals surface area contributed by atoms with Crippen molar-refractivity contribution in [2.45, 2.75) is 43.3 Å². The van der Waals surface area contributed by atoms with Crippen molar-refractivity contribution >= 4 is 9.84 Å². The van der Waals surface area contributed by atoms with Crippen molar-refractivity contribution in [3.05, 3.63) is 43.2 Å². The summed E-state index contributed by atoms with van der Waals surface area (Å²) in [6, 6.07) is 5.34. The number of sulfone groups is 1. The van der Waals surface area contributed by atoms with Gasteiger partial charge in [0.2, 0.25) is 0 Å². The first kappa shape index (κ1) is 18.8. The summed E-state index contributed by atoms with van der Waals surface area (Å²) in [5.41, 5.74) is 1.62. The summed E-state index contributed by atoms with van der Waals surface area (Å²) in [6.07, 6.45) is 0. The van der Waals surface area contributed by atoms with Gasteiger partial charge in [-0.25, -0.2) is 8.42 Å². The standard InChI is InChI=1S/C14H20O2S.K/c1-10(2)17(15,16)12-9-7-8-11(3)13(12)14(4,5)6;/h7-10H,1-2H2,3-6H3;/q-2;+1. The minimum atomic E-state index is -3.44. The Bertz CT molecular complexity index is 511. The molecule has 0 saturated heterocycles. The van der Waals surface area contributed by atoms with E-state index in [2.05, 4.69) is 13.8 Å². The van der Waals surface area contributed by atoms with Gasteiger partial charge in [0.1, 0.15) is 9.84 Å². The zero-order chi connectivity index (χ0) is 13.4. The van der Waals surface area contributed by atoms with Crippen LogP contribution in [0.15, 0.2) is 23.1 Å². The first-order valence-corrected chi connectivity index (χ1v) is 7.13. The van der Waals surface area contributed by atoms with Crippen molar-refractivity contribution in [3.8, 4) is 0 Å². The van der Waals surface area contributed by atoms with Crippen LogP contribution in [0.25, 0.3) is 0 Å². The molecule has 0 bridgehead atoms. The van der Waals surface area contributed by atoms with E-state index in [0.717, 1.165) is 11.1 Å². The van der Waals surface area contributed by atoms with E-state index in [1.807, 2.05) is 33.8 Å². The molecular formula is C14H20KO2S-. The van der Waals surface area contributed by atoms with Crippen LogP contribution < -0.4 is 51.4 Å². The molecular weight excluding hydrogens is 271 g/mol. The number of aryl methyl sites for hydroxylation is 1. The molecule has 0 aliphatic carbocycles. The molecule has 2 nitrogen and oxygen atoms in total. The van der Waals surface area contributed by atoms with Crippen LogP contribution in [0.4, 0.5) is 0 Å². The van der Waals surface area contributed by atoms with E-state index in [4.69, 9.17) is 0 Å². The summed E-state index contributed by atoms with van der Waals surface area (Å²) in [5.74, 6) is 0. The summed E-state index contributed by atoms with van der Waals surface area (Å²) in [4.78, 5) is 0.361. The molecule has 0 fully saturated rings. The summed E-state index contributed by atoms with van der Waals surface area (Å²) in [6.45, 7) is 15.0. The summed E-state index contributed by atoms with van der Waals surface area (Å²) in [5, 5.41) is -0.884. The second kappa shape index (κ2) is 6.50. The van der Waals surface area contributed by atoms with E-state index >= 15 is 0 Å². The largest absolute Gasteiger partial charge is 1.00 e. The molecule has 0 amide bonds. The Morgan fingerprint density at radius 2 is 1.67 bits per heavy atom. The molecule has 0 saturated carbocycles. The quantitative estimate of drug-likeness (QED) is 0.572. The van der Waals surface area contributed by atoms with Crippen LogP contribution in [0.1, 0.15) is 31.9 Å². The monoisotopic (exact) mass is 291 g/mol. The molecule has 18 heavy (non-hydrogen) atoms. The normalized spacial score (nSPS) is 12.4. The maximum absolute atomic E-state index is 12.2. The van der Waals surface area contributed by atoms with Crippen LogP contribution in [0.3, 0.4) is 0 Å². The second-order valence-electron chi connectivity index (χ2n) is 5.37. The van der Waals surface area contributed by atoms with E-state index in [0.29, 0.717) is 4.90 Å². The van der Waals surface area contributed by atoms with Gasteiger partial charge in [-0.2, -0.15) is 5.25 Å². The van der Waals surface area contributed by atoms with Gasteiger partial charge in [0.25, 0.3) is 0 Å². The van der Waals surface area contributed by atoms with Crippen molar-refractivity contribution in [2.24, 2.45) is 0 Å². The van der Waals surface area contributed by atoms with Crippen LogP contribution >= 0.6 is 0 Å². The molecule has 0 spiro atoms. The summed E-state index contributed by atoms with van der Waals surface area (Å²) < 4.78 is 24.5. The Morgan fingerprint density at radius 1 is 1.17 bits per heavy atom. The fourth-order valence-electron chi connectivity index (χ4n) is 2.02. The molecule has 1 rings (SSSR count). The first-order valence-electron chi connectivity index (χ1n) is 5.58. The second-order valence-corrected chi connectivity index (χ2v) is 7.56. The van der Waals surface area contributed by atoms with Gasteiger partial charge in [0.05, 0.1) is 4.90 Å². The van der Waals surface area contributed by atoms with Gasteiger partial charge in [-0.1, -0.05) is 32.9 Å². The van der Waals surface area contributed by atoms with Gasteiger partial charge in [0.15, 0.2) is 0 Å². The molecule has 1 aromatic rings. The molecule has 96 valence electrons. The Morgan fingerprint density at radius 3 is 2.06 bits per heavy atom. The van der Waals surface area contributed by atoms with E-state index < -0.39 is 15.1 Å². The van der Waals surface area contributed by atoms with Crippen LogP contribution in [0, 0.1) is 20.8 Å². The van der Waals surface area contributed by atoms with Crippen molar-refractivity contribution in [1.82, 2.24) is 0 Å². The Labute approximate surface area is 154 Å². The minimum Gasteiger partial charge on any atom is -0.355 e. The van der Waals surface area contributed by atoms with E-state index in [1.54, 1.807) is 12.1 Å². The third kappa shape index (κ3) is 3.90. The fraction of sp³-hybridized carbons (Fsp3) is 0.429. The number of benzene rings is 1. The third-order valence-electron chi connectivity index (χ3n) is 2.73. The smallest absolute Gasteiger partial charge is 0.355 e. The maximum Gasteiger partial charge on any atom is 1.00 e. The predicted molar refractivity (Wildman–Crippen MR) is 71.6 cm³/mol. The Hall–Kier alpha value is 0.806. The molecule has 4 heteroatoms. The van der Waals surface area contributed by atoms with Crippen LogP contribution in [-0.4, -0.2) is 13.7 Å². The molecule has 0 N–H and O–H groups in total. The third-order valence-corrected chi connectivity index (χ3v) is 4.56. The molecule has 0 atom stereocenters. The fourth-order valence-corrected chi connectivity index (χ4v) is 3.40. The van der Waals surface area contributed by atoms with Gasteiger partial charge in [-0.3, -0.25) is 0 Å². The molecule has 0 aliphatic rings. The summed E-state index contributed by atoms with van der Waals surface area (Å²) in [7, 11) is -3.44. The molecule has 1 aromatic carbocycles. The maximum atomic E-state index is 12.2. The van der Waals surface area contributed by atoms with Crippen LogP contribution in [0.2, 0.25) is 0 Å². The minimum absolute atomic E-state index is 0. The van der Waals surface area contributed by atoms with Crippen LogP contribution in [-0.2, 0) is 15.3 Å².